The maximum Gasteiger partial charge on any atom is 0.344 e. The fourth-order valence-corrected chi connectivity index (χ4v) is 4.80. The van der Waals surface area contributed by atoms with Gasteiger partial charge in [0.1, 0.15) is 6.10 Å². The van der Waals surface area contributed by atoms with Gasteiger partial charge >= 0.3 is 11.9 Å². The zero-order valence-electron chi connectivity index (χ0n) is 19.6. The van der Waals surface area contributed by atoms with Gasteiger partial charge in [0.05, 0.1) is 11.3 Å². The lowest BCUT2D eigenvalue weighted by atomic mass is 9.75. The van der Waals surface area contributed by atoms with E-state index >= 15 is 0 Å². The number of hydrogen-bond donors (Lipinski definition) is 1. The first-order chi connectivity index (χ1) is 16.2. The highest BCUT2D eigenvalue weighted by atomic mass is 32.2. The van der Waals surface area contributed by atoms with Crippen LogP contribution in [0.4, 0.5) is 20.2 Å². The second-order valence-electron chi connectivity index (χ2n) is 9.00. The predicted molar refractivity (Wildman–Crippen MR) is 130 cm³/mol. The molecule has 3 atom stereocenters. The molecule has 0 saturated heterocycles. The lowest BCUT2D eigenvalue weighted by Crippen LogP contribution is -2.36. The molecule has 1 N–H and O–H groups in total. The lowest BCUT2D eigenvalue weighted by Gasteiger charge is -2.36. The summed E-state index contributed by atoms with van der Waals surface area (Å²) >= 11 is 0.466. The molecule has 1 aliphatic rings. The summed E-state index contributed by atoms with van der Waals surface area (Å²) in [4.78, 5) is 25.6. The number of benzene rings is 2. The number of thioether (sulfide) groups is 1. The average Bonchev–Trinajstić information content (AvgIpc) is 2.78. The highest BCUT2D eigenvalue weighted by Gasteiger charge is 2.33. The summed E-state index contributed by atoms with van der Waals surface area (Å²) in [7, 11) is 0. The van der Waals surface area contributed by atoms with Gasteiger partial charge in [0.25, 0.3) is 5.76 Å². The van der Waals surface area contributed by atoms with Crippen LogP contribution in [0.5, 0.6) is 0 Å². The molecule has 0 heterocycles. The summed E-state index contributed by atoms with van der Waals surface area (Å²) in [6.07, 6.45) is 2.82. The van der Waals surface area contributed by atoms with E-state index in [-0.39, 0.29) is 11.7 Å². The molecule has 2 aromatic rings. The summed E-state index contributed by atoms with van der Waals surface area (Å²) in [5, 5.41) is 3.10. The van der Waals surface area contributed by atoms with Crippen molar-refractivity contribution in [1.29, 1.82) is 0 Å². The molecule has 1 fully saturated rings. The normalized spacial score (nSPS) is 20.3. The Kier molecular flexibility index (Phi) is 9.33. The number of para-hydroxylation sites is 1. The highest BCUT2D eigenvalue weighted by molar-refractivity contribution is 7.99. The fraction of sp³-hybridized carbons (Fsp3) is 0.462. The van der Waals surface area contributed by atoms with Crippen molar-refractivity contribution in [1.82, 2.24) is 0 Å². The lowest BCUT2D eigenvalue weighted by molar-refractivity contribution is -0.159. The van der Waals surface area contributed by atoms with Gasteiger partial charge < -0.3 is 14.8 Å². The van der Waals surface area contributed by atoms with Crippen molar-refractivity contribution in [2.45, 2.75) is 56.8 Å². The van der Waals surface area contributed by atoms with Gasteiger partial charge in [-0.3, -0.25) is 0 Å². The number of carbonyl (C=O) groups excluding carboxylic acids is 2. The van der Waals surface area contributed by atoms with E-state index in [1.165, 1.54) is 0 Å². The number of halogens is 2. The number of nitrogens with one attached hydrogen (secondary N) is 1. The van der Waals surface area contributed by atoms with E-state index in [0.717, 1.165) is 19.3 Å². The number of esters is 2. The monoisotopic (exact) mass is 491 g/mol. The number of ether oxygens (including phenoxy) is 2. The number of alkyl halides is 2. The van der Waals surface area contributed by atoms with Crippen LogP contribution in [0.15, 0.2) is 53.4 Å². The molecule has 1 saturated carbocycles. The largest absolute Gasteiger partial charge is 0.460 e. The Labute approximate surface area is 203 Å². The van der Waals surface area contributed by atoms with Gasteiger partial charge in [0.2, 0.25) is 0 Å². The maximum absolute atomic E-state index is 12.7. The van der Waals surface area contributed by atoms with E-state index in [2.05, 4.69) is 26.1 Å². The topological polar surface area (TPSA) is 64.6 Å². The molecule has 0 bridgehead atoms. The molecule has 1 aliphatic carbocycles. The van der Waals surface area contributed by atoms with Crippen LogP contribution in [0.3, 0.4) is 0 Å². The minimum Gasteiger partial charge on any atom is -0.460 e. The summed E-state index contributed by atoms with van der Waals surface area (Å²) < 4.78 is 36.0. The molecular weight excluding hydrogens is 460 g/mol. The van der Waals surface area contributed by atoms with Crippen LogP contribution in [-0.2, 0) is 14.3 Å². The van der Waals surface area contributed by atoms with E-state index in [0.29, 0.717) is 45.8 Å². The zero-order valence-corrected chi connectivity index (χ0v) is 20.4. The van der Waals surface area contributed by atoms with Crippen molar-refractivity contribution in [3.63, 3.8) is 0 Å². The summed E-state index contributed by atoms with van der Waals surface area (Å²) in [5.74, 6) is -2.46. The second kappa shape index (κ2) is 12.2. The number of anilines is 2. The molecule has 3 rings (SSSR count). The third kappa shape index (κ3) is 7.45. The Morgan fingerprint density at radius 1 is 1.09 bits per heavy atom. The molecule has 8 heteroatoms. The smallest absolute Gasteiger partial charge is 0.344 e. The Morgan fingerprint density at radius 3 is 2.47 bits per heavy atom. The molecular formula is C26H31F2NO4S. The van der Waals surface area contributed by atoms with Crippen LogP contribution in [0, 0.1) is 17.8 Å². The highest BCUT2D eigenvalue weighted by Crippen LogP contribution is 2.35. The molecule has 34 heavy (non-hydrogen) atoms. The van der Waals surface area contributed by atoms with Crippen molar-refractivity contribution in [3.8, 4) is 0 Å². The van der Waals surface area contributed by atoms with E-state index in [4.69, 9.17) is 9.47 Å². The first kappa shape index (κ1) is 26.0. The van der Waals surface area contributed by atoms with Gasteiger partial charge in [-0.15, -0.1) is 0 Å². The molecule has 0 radical (unpaired) electrons. The van der Waals surface area contributed by atoms with Gasteiger partial charge in [0, 0.05) is 10.6 Å². The van der Waals surface area contributed by atoms with Crippen molar-refractivity contribution in [2.24, 2.45) is 17.8 Å². The summed E-state index contributed by atoms with van der Waals surface area (Å²) in [5.41, 5.74) is 1.37. The first-order valence-electron chi connectivity index (χ1n) is 11.5. The summed E-state index contributed by atoms with van der Waals surface area (Å²) in [6.45, 7) is 5.97. The van der Waals surface area contributed by atoms with Gasteiger partial charge in [-0.05, 0) is 67.0 Å². The van der Waals surface area contributed by atoms with Gasteiger partial charge in [-0.25, -0.2) is 9.59 Å². The van der Waals surface area contributed by atoms with Crippen molar-refractivity contribution in [3.05, 3.63) is 54.1 Å². The van der Waals surface area contributed by atoms with Crippen LogP contribution in [-0.4, -0.2) is 30.4 Å². The van der Waals surface area contributed by atoms with Gasteiger partial charge in [-0.1, -0.05) is 51.1 Å². The van der Waals surface area contributed by atoms with Crippen LogP contribution < -0.4 is 5.32 Å². The Balaban J connectivity index is 1.58. The van der Waals surface area contributed by atoms with Crippen LogP contribution in [0.25, 0.3) is 0 Å². The predicted octanol–water partition coefficient (Wildman–Crippen LogP) is 6.91. The molecule has 184 valence electrons. The van der Waals surface area contributed by atoms with Crippen molar-refractivity contribution < 1.29 is 27.8 Å². The SMILES string of the molecule is CC(C)[C@@H]1CC[C@H](C)C[C@H]1OC(=O)COC(=O)c1ccccc1Nc1ccc(SC(F)F)cc1. The standard InChI is InChI=1S/C26H31F2NO4S/c1-16(2)20-13-8-17(3)14-23(20)33-24(30)15-32-25(31)21-6-4-5-7-22(21)29-18-9-11-19(12-10-18)34-26(27)28/h4-7,9-12,16-17,20,23,26,29H,8,13-15H2,1-3H3/t17-,20-,23+/m0/s1. The minimum atomic E-state index is -2.49. The van der Waals surface area contributed by atoms with Gasteiger partial charge in [-0.2, -0.15) is 8.78 Å². The average molecular weight is 492 g/mol. The Morgan fingerprint density at radius 2 is 1.79 bits per heavy atom. The third-order valence-corrected chi connectivity index (χ3v) is 6.79. The molecule has 0 aliphatic heterocycles. The van der Waals surface area contributed by atoms with E-state index < -0.39 is 24.3 Å². The fourth-order valence-electron chi connectivity index (χ4n) is 4.30. The van der Waals surface area contributed by atoms with Gasteiger partial charge in [0.15, 0.2) is 6.61 Å². The number of rotatable bonds is 9. The first-order valence-corrected chi connectivity index (χ1v) is 12.4. The molecule has 0 aromatic heterocycles. The Bertz CT molecular complexity index is 968. The van der Waals surface area contributed by atoms with Crippen LogP contribution in [0.2, 0.25) is 0 Å². The molecule has 0 amide bonds. The van der Waals surface area contributed by atoms with Crippen LogP contribution in [0.1, 0.15) is 50.4 Å². The zero-order chi connectivity index (χ0) is 24.7. The Hall–Kier alpha value is -2.61. The number of hydrogen-bond acceptors (Lipinski definition) is 6. The summed E-state index contributed by atoms with van der Waals surface area (Å²) in [6, 6.07) is 13.2. The van der Waals surface area contributed by atoms with Crippen molar-refractivity contribution >= 4 is 35.1 Å². The quantitative estimate of drug-likeness (QED) is 0.304. The number of carbonyl (C=O) groups is 2. The third-order valence-electron chi connectivity index (χ3n) is 6.07. The molecule has 0 unspecified atom stereocenters. The second-order valence-corrected chi connectivity index (χ2v) is 10.1. The van der Waals surface area contributed by atoms with Crippen LogP contribution >= 0.6 is 11.8 Å². The van der Waals surface area contributed by atoms with E-state index in [9.17, 15) is 18.4 Å². The molecule has 5 nitrogen and oxygen atoms in total. The minimum absolute atomic E-state index is 0.157. The van der Waals surface area contributed by atoms with E-state index in [1.807, 2.05) is 0 Å². The molecule has 0 spiro atoms. The molecule has 2 aromatic carbocycles. The van der Waals surface area contributed by atoms with E-state index in [1.54, 1.807) is 48.5 Å². The van der Waals surface area contributed by atoms with Crippen molar-refractivity contribution in [2.75, 3.05) is 11.9 Å². The maximum atomic E-state index is 12.7.